The number of halogens is 2. The number of nitrogen functional groups attached to an aromatic ring is 1. The van der Waals surface area contributed by atoms with E-state index >= 15 is 0 Å². The molecule has 0 atom stereocenters. The number of morpholine rings is 1. The summed E-state index contributed by atoms with van der Waals surface area (Å²) in [6, 6.07) is 3.98. The van der Waals surface area contributed by atoms with Gasteiger partial charge in [0.15, 0.2) is 0 Å². The average molecular weight is 325 g/mol. The van der Waals surface area contributed by atoms with Gasteiger partial charge in [0.25, 0.3) is 6.43 Å². The number of hydrogen-bond donors (Lipinski definition) is 1. The maximum Gasteiger partial charge on any atom is 0.251 e. The van der Waals surface area contributed by atoms with Crippen LogP contribution in [0, 0.1) is 0 Å². The van der Waals surface area contributed by atoms with Crippen molar-refractivity contribution in [1.82, 2.24) is 4.90 Å². The molecular weight excluding hydrogens is 304 g/mol. The highest BCUT2D eigenvalue weighted by atomic mass is 19.3. The van der Waals surface area contributed by atoms with Crippen LogP contribution in [0.2, 0.25) is 0 Å². The van der Waals surface area contributed by atoms with Crippen LogP contribution in [0.1, 0.15) is 5.56 Å². The van der Waals surface area contributed by atoms with E-state index in [4.69, 9.17) is 15.2 Å². The average Bonchev–Trinajstić information content (AvgIpc) is 2.84. The highest BCUT2D eigenvalue weighted by Gasteiger charge is 2.50. The van der Waals surface area contributed by atoms with Crippen LogP contribution in [0.3, 0.4) is 0 Å². The maximum absolute atomic E-state index is 12.4. The lowest BCUT2D eigenvalue weighted by molar-refractivity contribution is -0.0811. The summed E-state index contributed by atoms with van der Waals surface area (Å²) >= 11 is 0. The van der Waals surface area contributed by atoms with Crippen molar-refractivity contribution in [3.05, 3.63) is 17.7 Å². The highest BCUT2D eigenvalue weighted by molar-refractivity contribution is 5.72. The Labute approximate surface area is 133 Å². The van der Waals surface area contributed by atoms with Gasteiger partial charge in [0.2, 0.25) is 0 Å². The minimum atomic E-state index is -2.29. The van der Waals surface area contributed by atoms with Crippen LogP contribution >= 0.6 is 0 Å². The van der Waals surface area contributed by atoms with E-state index < -0.39 is 6.43 Å². The van der Waals surface area contributed by atoms with E-state index in [0.717, 1.165) is 42.2 Å². The van der Waals surface area contributed by atoms with Gasteiger partial charge in [-0.05, 0) is 6.07 Å². The zero-order valence-electron chi connectivity index (χ0n) is 12.9. The lowest BCUT2D eigenvalue weighted by atomic mass is 9.89. The smallest absolute Gasteiger partial charge is 0.251 e. The molecule has 0 unspecified atom stereocenters. The van der Waals surface area contributed by atoms with Crippen LogP contribution in [-0.2, 0) is 11.2 Å². The van der Waals surface area contributed by atoms with Gasteiger partial charge in [-0.25, -0.2) is 8.78 Å². The summed E-state index contributed by atoms with van der Waals surface area (Å²) in [5.74, 6) is 0.845. The minimum Gasteiger partial charge on any atom is -0.484 e. The summed E-state index contributed by atoms with van der Waals surface area (Å²) in [4.78, 5) is 3.94. The number of nitrogens with zero attached hydrogens (tertiary/aromatic N) is 2. The third kappa shape index (κ3) is 2.72. The molecule has 4 rings (SSSR count). The number of alkyl halides is 2. The molecule has 0 aromatic heterocycles. The Morgan fingerprint density at radius 1 is 1.22 bits per heavy atom. The Hall–Kier alpha value is -1.60. The SMILES string of the molecule is Nc1cc2c(cc1N1CCOCC1)OC1(C2)CN(CC(F)F)C1. The van der Waals surface area contributed by atoms with E-state index in [1.54, 1.807) is 4.90 Å². The first-order valence-corrected chi connectivity index (χ1v) is 7.99. The van der Waals surface area contributed by atoms with Crippen LogP contribution in [0.15, 0.2) is 12.1 Å². The van der Waals surface area contributed by atoms with E-state index in [1.165, 1.54) is 0 Å². The molecule has 3 aliphatic rings. The number of hydrogen-bond acceptors (Lipinski definition) is 5. The number of benzene rings is 1. The second-order valence-corrected chi connectivity index (χ2v) is 6.64. The van der Waals surface area contributed by atoms with E-state index in [9.17, 15) is 8.78 Å². The summed E-state index contributed by atoms with van der Waals surface area (Å²) in [6.45, 7) is 3.96. The summed E-state index contributed by atoms with van der Waals surface area (Å²) in [7, 11) is 0. The van der Waals surface area contributed by atoms with E-state index in [2.05, 4.69) is 4.90 Å². The molecule has 126 valence electrons. The highest BCUT2D eigenvalue weighted by Crippen LogP contribution is 2.44. The second-order valence-electron chi connectivity index (χ2n) is 6.64. The van der Waals surface area contributed by atoms with Crippen molar-refractivity contribution in [3.63, 3.8) is 0 Å². The molecule has 0 saturated carbocycles. The number of nitrogens with two attached hydrogens (primary N) is 1. The Morgan fingerprint density at radius 2 is 1.96 bits per heavy atom. The molecular formula is C16H21F2N3O2. The molecule has 7 heteroatoms. The third-order valence-corrected chi connectivity index (χ3v) is 4.82. The Kier molecular flexibility index (Phi) is 3.57. The van der Waals surface area contributed by atoms with E-state index in [0.29, 0.717) is 26.3 Å². The van der Waals surface area contributed by atoms with Crippen molar-refractivity contribution >= 4 is 11.4 Å². The molecule has 1 aromatic carbocycles. The van der Waals surface area contributed by atoms with Crippen molar-refractivity contribution in [3.8, 4) is 5.75 Å². The van der Waals surface area contributed by atoms with Crippen molar-refractivity contribution in [2.24, 2.45) is 0 Å². The molecule has 0 radical (unpaired) electrons. The van der Waals surface area contributed by atoms with Gasteiger partial charge >= 0.3 is 0 Å². The Balaban J connectivity index is 1.49. The Bertz CT molecular complexity index is 599. The van der Waals surface area contributed by atoms with Gasteiger partial charge in [0.1, 0.15) is 11.4 Å². The van der Waals surface area contributed by atoms with Crippen LogP contribution in [0.5, 0.6) is 5.75 Å². The molecule has 0 aliphatic carbocycles. The van der Waals surface area contributed by atoms with Gasteiger partial charge in [-0.1, -0.05) is 0 Å². The first-order chi connectivity index (χ1) is 11.0. The lowest BCUT2D eigenvalue weighted by Gasteiger charge is -2.46. The van der Waals surface area contributed by atoms with E-state index in [-0.39, 0.29) is 12.1 Å². The van der Waals surface area contributed by atoms with Crippen molar-refractivity contribution < 1.29 is 18.3 Å². The summed E-state index contributed by atoms with van der Waals surface area (Å²) < 4.78 is 36.4. The summed E-state index contributed by atoms with van der Waals surface area (Å²) in [5.41, 5.74) is 8.68. The molecule has 3 heterocycles. The summed E-state index contributed by atoms with van der Waals surface area (Å²) in [5, 5.41) is 0. The largest absolute Gasteiger partial charge is 0.484 e. The fourth-order valence-corrected chi connectivity index (χ4v) is 3.83. The lowest BCUT2D eigenvalue weighted by Crippen LogP contribution is -2.65. The molecule has 0 bridgehead atoms. The standard InChI is InChI=1S/C16H21F2N3O2/c17-15(18)8-20-9-16(10-20)7-11-5-12(19)13(6-14(11)23-16)21-1-3-22-4-2-21/h5-6,15H,1-4,7-10,19H2. The zero-order valence-corrected chi connectivity index (χ0v) is 12.9. The molecule has 1 aromatic rings. The second kappa shape index (κ2) is 5.49. The van der Waals surface area contributed by atoms with Gasteiger partial charge in [0, 0.05) is 44.2 Å². The molecule has 3 aliphatic heterocycles. The van der Waals surface area contributed by atoms with Gasteiger partial charge < -0.3 is 20.1 Å². The van der Waals surface area contributed by atoms with Crippen molar-refractivity contribution in [2.45, 2.75) is 18.4 Å². The molecule has 0 amide bonds. The van der Waals surface area contributed by atoms with Crippen LogP contribution < -0.4 is 15.4 Å². The number of ether oxygens (including phenoxy) is 2. The van der Waals surface area contributed by atoms with Crippen LogP contribution in [0.4, 0.5) is 20.2 Å². The predicted molar refractivity (Wildman–Crippen MR) is 83.4 cm³/mol. The minimum absolute atomic E-state index is 0.178. The first-order valence-electron chi connectivity index (χ1n) is 7.99. The topological polar surface area (TPSA) is 51.0 Å². The molecule has 2 saturated heterocycles. The van der Waals surface area contributed by atoms with Crippen LogP contribution in [-0.4, -0.2) is 62.9 Å². The van der Waals surface area contributed by atoms with Gasteiger partial charge in [0.05, 0.1) is 31.1 Å². The number of likely N-dealkylation sites (tertiary alicyclic amines) is 1. The number of rotatable bonds is 3. The number of anilines is 2. The first kappa shape index (κ1) is 15.0. The molecule has 2 N–H and O–H groups in total. The van der Waals surface area contributed by atoms with Crippen LogP contribution in [0.25, 0.3) is 0 Å². The molecule has 2 fully saturated rings. The van der Waals surface area contributed by atoms with Gasteiger partial charge in [-0.15, -0.1) is 0 Å². The van der Waals surface area contributed by atoms with Gasteiger partial charge in [-0.3, -0.25) is 4.90 Å². The maximum atomic E-state index is 12.4. The quantitative estimate of drug-likeness (QED) is 0.851. The fourth-order valence-electron chi connectivity index (χ4n) is 3.83. The molecule has 23 heavy (non-hydrogen) atoms. The Morgan fingerprint density at radius 3 is 2.65 bits per heavy atom. The number of fused-ring (bicyclic) bond motifs is 1. The molecule has 1 spiro atoms. The van der Waals surface area contributed by atoms with Gasteiger partial charge in [-0.2, -0.15) is 0 Å². The zero-order chi connectivity index (χ0) is 16.0. The van der Waals surface area contributed by atoms with Crippen molar-refractivity contribution in [2.75, 3.05) is 56.6 Å². The predicted octanol–water partition coefficient (Wildman–Crippen LogP) is 1.36. The summed E-state index contributed by atoms with van der Waals surface area (Å²) in [6.07, 6.45) is -1.55. The third-order valence-electron chi connectivity index (χ3n) is 4.82. The van der Waals surface area contributed by atoms with E-state index in [1.807, 2.05) is 12.1 Å². The van der Waals surface area contributed by atoms with Crippen molar-refractivity contribution in [1.29, 1.82) is 0 Å². The fraction of sp³-hybridized carbons (Fsp3) is 0.625. The molecule has 5 nitrogen and oxygen atoms in total. The normalized spacial score (nSPS) is 23.0. The monoisotopic (exact) mass is 325 g/mol.